The van der Waals surface area contributed by atoms with Crippen LogP contribution in [0.3, 0.4) is 0 Å². The highest BCUT2D eigenvalue weighted by molar-refractivity contribution is 5.36. The second-order valence-corrected chi connectivity index (χ2v) is 4.35. The van der Waals surface area contributed by atoms with Gasteiger partial charge in [-0.15, -0.1) is 0 Å². The topological polar surface area (TPSA) is 30.5 Å². The minimum Gasteiger partial charge on any atom is -0.488 e. The van der Waals surface area contributed by atoms with Crippen molar-refractivity contribution < 1.29 is 13.9 Å². The molecule has 102 valence electrons. The predicted molar refractivity (Wildman–Crippen MR) is 70.5 cm³/mol. The van der Waals surface area contributed by atoms with Crippen molar-refractivity contribution in [1.29, 1.82) is 0 Å². The van der Waals surface area contributed by atoms with Gasteiger partial charge >= 0.3 is 0 Å². The first-order valence-corrected chi connectivity index (χ1v) is 6.26. The van der Waals surface area contributed by atoms with E-state index in [1.54, 1.807) is 13.2 Å². The van der Waals surface area contributed by atoms with Gasteiger partial charge in [0, 0.05) is 24.8 Å². The van der Waals surface area contributed by atoms with Crippen LogP contribution in [0.1, 0.15) is 32.4 Å². The van der Waals surface area contributed by atoms with Crippen LogP contribution in [0, 0.1) is 5.82 Å². The number of hydrogen-bond acceptors (Lipinski definition) is 3. The summed E-state index contributed by atoms with van der Waals surface area (Å²) in [7, 11) is 1.62. The Bertz CT molecular complexity index is 371. The normalized spacial score (nSPS) is 14.3. The van der Waals surface area contributed by atoms with Gasteiger partial charge in [-0.3, -0.25) is 0 Å². The molecule has 0 saturated heterocycles. The highest BCUT2D eigenvalue weighted by atomic mass is 19.1. The molecule has 0 saturated carbocycles. The lowest BCUT2D eigenvalue weighted by Crippen LogP contribution is -2.22. The second-order valence-electron chi connectivity index (χ2n) is 4.35. The lowest BCUT2D eigenvalue weighted by atomic mass is 10.1. The zero-order valence-corrected chi connectivity index (χ0v) is 11.5. The summed E-state index contributed by atoms with van der Waals surface area (Å²) in [5.74, 6) is 0.287. The Morgan fingerprint density at radius 1 is 1.33 bits per heavy atom. The number of hydrogen-bond donors (Lipinski definition) is 1. The van der Waals surface area contributed by atoms with Gasteiger partial charge in [-0.1, -0.05) is 13.0 Å². The van der Waals surface area contributed by atoms with Gasteiger partial charge in [0.05, 0.1) is 6.61 Å². The van der Waals surface area contributed by atoms with E-state index in [9.17, 15) is 4.39 Å². The summed E-state index contributed by atoms with van der Waals surface area (Å²) in [4.78, 5) is 0. The average molecular weight is 255 g/mol. The lowest BCUT2D eigenvalue weighted by Gasteiger charge is -2.20. The molecule has 0 heterocycles. The van der Waals surface area contributed by atoms with Crippen molar-refractivity contribution in [2.45, 2.75) is 32.9 Å². The van der Waals surface area contributed by atoms with E-state index in [4.69, 9.17) is 9.47 Å². The van der Waals surface area contributed by atoms with Crippen LogP contribution < -0.4 is 10.1 Å². The summed E-state index contributed by atoms with van der Waals surface area (Å²) in [5.41, 5.74) is 0.959. The van der Waals surface area contributed by atoms with Crippen LogP contribution in [0.5, 0.6) is 5.75 Å². The van der Waals surface area contributed by atoms with Crippen LogP contribution in [-0.4, -0.2) is 26.4 Å². The Labute approximate surface area is 108 Å². The summed E-state index contributed by atoms with van der Waals surface area (Å²) < 4.78 is 24.0. The van der Waals surface area contributed by atoms with E-state index in [1.807, 2.05) is 20.8 Å². The molecule has 0 aliphatic carbocycles. The molecule has 0 radical (unpaired) electrons. The van der Waals surface area contributed by atoms with Gasteiger partial charge in [0.15, 0.2) is 0 Å². The SMILES string of the molecule is CCNC(C)c1ccc(F)cc1OC(C)COC. The maximum atomic E-state index is 13.3. The molecule has 2 unspecified atom stereocenters. The number of ether oxygens (including phenoxy) is 2. The number of methoxy groups -OCH3 is 1. The molecule has 1 aromatic rings. The molecule has 18 heavy (non-hydrogen) atoms. The van der Waals surface area contributed by atoms with Crippen molar-refractivity contribution in [1.82, 2.24) is 5.32 Å². The first-order chi connectivity index (χ1) is 8.58. The molecule has 0 fully saturated rings. The van der Waals surface area contributed by atoms with Crippen LogP contribution in [0.25, 0.3) is 0 Å². The average Bonchev–Trinajstić information content (AvgIpc) is 2.29. The summed E-state index contributed by atoms with van der Waals surface area (Å²) in [6.45, 7) is 7.30. The van der Waals surface area contributed by atoms with Gasteiger partial charge in [-0.25, -0.2) is 4.39 Å². The van der Waals surface area contributed by atoms with E-state index >= 15 is 0 Å². The minimum absolute atomic E-state index is 0.107. The minimum atomic E-state index is -0.290. The van der Waals surface area contributed by atoms with Crippen molar-refractivity contribution in [3.63, 3.8) is 0 Å². The smallest absolute Gasteiger partial charge is 0.127 e. The molecule has 4 heteroatoms. The number of nitrogens with one attached hydrogen (secondary N) is 1. The Morgan fingerprint density at radius 3 is 2.67 bits per heavy atom. The standard InChI is InChI=1S/C14H22FNO2/c1-5-16-11(3)13-7-6-12(15)8-14(13)18-10(2)9-17-4/h6-8,10-11,16H,5,9H2,1-4H3. The van der Waals surface area contributed by atoms with Gasteiger partial charge in [0.25, 0.3) is 0 Å². The van der Waals surface area contributed by atoms with Crippen molar-refractivity contribution in [3.05, 3.63) is 29.6 Å². The molecule has 0 amide bonds. The van der Waals surface area contributed by atoms with Gasteiger partial charge in [0.2, 0.25) is 0 Å². The van der Waals surface area contributed by atoms with Crippen molar-refractivity contribution in [2.75, 3.05) is 20.3 Å². The summed E-state index contributed by atoms with van der Waals surface area (Å²) in [6, 6.07) is 4.77. The molecule has 0 aliphatic heterocycles. The molecule has 0 spiro atoms. The van der Waals surface area contributed by atoms with Gasteiger partial charge < -0.3 is 14.8 Å². The quantitative estimate of drug-likeness (QED) is 0.812. The Balaban J connectivity index is 2.89. The van der Waals surface area contributed by atoms with Crippen LogP contribution in [-0.2, 0) is 4.74 Å². The van der Waals surface area contributed by atoms with Crippen LogP contribution in [0.4, 0.5) is 4.39 Å². The van der Waals surface area contributed by atoms with Crippen molar-refractivity contribution in [3.8, 4) is 5.75 Å². The largest absolute Gasteiger partial charge is 0.488 e. The van der Waals surface area contributed by atoms with Crippen LogP contribution in [0.2, 0.25) is 0 Å². The third kappa shape index (κ3) is 4.27. The fourth-order valence-corrected chi connectivity index (χ4v) is 1.87. The highest BCUT2D eigenvalue weighted by Gasteiger charge is 2.14. The van der Waals surface area contributed by atoms with Gasteiger partial charge in [-0.2, -0.15) is 0 Å². The molecule has 1 N–H and O–H groups in total. The van der Waals surface area contributed by atoms with Gasteiger partial charge in [0.1, 0.15) is 17.7 Å². The fraction of sp³-hybridized carbons (Fsp3) is 0.571. The Morgan fingerprint density at radius 2 is 2.06 bits per heavy atom. The maximum absolute atomic E-state index is 13.3. The molecule has 1 aromatic carbocycles. The van der Waals surface area contributed by atoms with Crippen LogP contribution >= 0.6 is 0 Å². The number of rotatable bonds is 7. The van der Waals surface area contributed by atoms with E-state index in [-0.39, 0.29) is 18.0 Å². The predicted octanol–water partition coefficient (Wildman–Crippen LogP) is 2.91. The molecule has 1 rings (SSSR count). The molecule has 0 aromatic heterocycles. The van der Waals surface area contributed by atoms with E-state index in [1.165, 1.54) is 12.1 Å². The van der Waals surface area contributed by atoms with Crippen molar-refractivity contribution >= 4 is 0 Å². The zero-order valence-electron chi connectivity index (χ0n) is 11.5. The Hall–Kier alpha value is -1.13. The van der Waals surface area contributed by atoms with Crippen molar-refractivity contribution in [2.24, 2.45) is 0 Å². The van der Waals surface area contributed by atoms with E-state index in [2.05, 4.69) is 5.32 Å². The van der Waals surface area contributed by atoms with E-state index in [0.29, 0.717) is 12.4 Å². The third-order valence-electron chi connectivity index (χ3n) is 2.68. The fourth-order valence-electron chi connectivity index (χ4n) is 1.87. The number of halogens is 1. The summed E-state index contributed by atoms with van der Waals surface area (Å²) in [5, 5.41) is 3.29. The molecule has 0 bridgehead atoms. The highest BCUT2D eigenvalue weighted by Crippen LogP contribution is 2.27. The van der Waals surface area contributed by atoms with Gasteiger partial charge in [-0.05, 0) is 26.5 Å². The monoisotopic (exact) mass is 255 g/mol. The summed E-state index contributed by atoms with van der Waals surface area (Å²) >= 11 is 0. The molecular formula is C14H22FNO2. The van der Waals surface area contributed by atoms with E-state index < -0.39 is 0 Å². The first-order valence-electron chi connectivity index (χ1n) is 6.26. The zero-order chi connectivity index (χ0) is 13.5. The molecular weight excluding hydrogens is 233 g/mol. The first kappa shape index (κ1) is 14.9. The van der Waals surface area contributed by atoms with E-state index in [0.717, 1.165) is 12.1 Å². The molecule has 2 atom stereocenters. The molecule has 0 aliphatic rings. The van der Waals surface area contributed by atoms with Crippen LogP contribution in [0.15, 0.2) is 18.2 Å². The number of benzene rings is 1. The third-order valence-corrected chi connectivity index (χ3v) is 2.68. The second kappa shape index (κ2) is 7.34. The maximum Gasteiger partial charge on any atom is 0.127 e. The lowest BCUT2D eigenvalue weighted by molar-refractivity contribution is 0.0908. The molecule has 3 nitrogen and oxygen atoms in total. The summed E-state index contributed by atoms with van der Waals surface area (Å²) in [6.07, 6.45) is -0.107. The Kier molecular flexibility index (Phi) is 6.09.